The highest BCUT2D eigenvalue weighted by Crippen LogP contribution is 2.36. The van der Waals surface area contributed by atoms with Crippen LogP contribution in [0, 0.1) is 13.8 Å². The second-order valence-corrected chi connectivity index (χ2v) is 18.6. The number of aromatic nitrogens is 2. The van der Waals surface area contributed by atoms with E-state index >= 15 is 0 Å². The van der Waals surface area contributed by atoms with Gasteiger partial charge in [0.1, 0.15) is 11.4 Å². The van der Waals surface area contributed by atoms with Crippen molar-refractivity contribution >= 4 is 83.9 Å². The van der Waals surface area contributed by atoms with Crippen LogP contribution in [0.1, 0.15) is 59.9 Å². The summed E-state index contributed by atoms with van der Waals surface area (Å²) in [6, 6.07) is 19.5. The molecule has 0 atom stereocenters. The van der Waals surface area contributed by atoms with E-state index in [4.69, 9.17) is 33.7 Å². The molecular weight excluding hydrogens is 1020 g/mol. The molecule has 0 radical (unpaired) electrons. The summed E-state index contributed by atoms with van der Waals surface area (Å²) in [6.07, 6.45) is -5.89. The summed E-state index contributed by atoms with van der Waals surface area (Å²) in [5.41, 5.74) is 3.11. The first-order valence-corrected chi connectivity index (χ1v) is 23.3. The summed E-state index contributed by atoms with van der Waals surface area (Å²) in [5.74, 6) is -1.61. The second kappa shape index (κ2) is 23.0. The normalized spacial score (nSPS) is 11.4. The SMILES string of the molecule is CN=C=O.CNC(=O)Cc1cccc(C(=O)c2ncc(Cl)cc2NS(=O)(=O)c2ccc(C)c(C(F)(F)F)c2)c1.Cc1ccc(S(=O)(=O)Nc2cc(Cl)cnc2C(=O)c2cccc(N)c2)cc1C(F)(F)F. The Labute approximate surface area is 406 Å². The van der Waals surface area contributed by atoms with Gasteiger partial charge in [-0.25, -0.2) is 36.6 Å². The van der Waals surface area contributed by atoms with Crippen molar-refractivity contribution in [3.63, 3.8) is 0 Å². The zero-order valence-electron chi connectivity index (χ0n) is 36.6. The first kappa shape index (κ1) is 55.4. The Bertz CT molecular complexity index is 3240. The van der Waals surface area contributed by atoms with E-state index in [0.29, 0.717) is 23.4 Å². The average molecular weight is 1050 g/mol. The Balaban J connectivity index is 0.000000285. The number of aryl methyl sites for hydroxylation is 2. The number of likely N-dealkylation sites (N-methyl/N-ethyl adjacent to an activating group) is 1. The van der Waals surface area contributed by atoms with Crippen molar-refractivity contribution in [2.45, 2.75) is 42.4 Å². The molecule has 6 aromatic rings. The molecule has 0 spiro atoms. The molecule has 0 saturated carbocycles. The maximum atomic E-state index is 13.3. The molecule has 0 aliphatic carbocycles. The highest BCUT2D eigenvalue weighted by atomic mass is 35.5. The van der Waals surface area contributed by atoms with Crippen molar-refractivity contribution in [3.8, 4) is 0 Å². The lowest BCUT2D eigenvalue weighted by molar-refractivity contribution is -0.139. The minimum absolute atomic E-state index is 0.00694. The number of anilines is 3. The molecule has 5 N–H and O–H groups in total. The first-order valence-electron chi connectivity index (χ1n) is 19.5. The second-order valence-electron chi connectivity index (χ2n) is 14.4. The number of isocyanates is 1. The zero-order chi connectivity index (χ0) is 52.4. The van der Waals surface area contributed by atoms with Crippen LogP contribution in [0.2, 0.25) is 10.0 Å². The Morgan fingerprint density at radius 1 is 0.671 bits per heavy atom. The van der Waals surface area contributed by atoms with Gasteiger partial charge in [0.15, 0.2) is 0 Å². The van der Waals surface area contributed by atoms with Crippen molar-refractivity contribution in [2.75, 3.05) is 29.3 Å². The predicted octanol–water partition coefficient (Wildman–Crippen LogP) is 9.01. The lowest BCUT2D eigenvalue weighted by Gasteiger charge is -2.15. The Kier molecular flexibility index (Phi) is 18.2. The van der Waals surface area contributed by atoms with E-state index in [1.54, 1.807) is 18.2 Å². The van der Waals surface area contributed by atoms with Crippen LogP contribution < -0.4 is 20.5 Å². The number of hydrogen-bond acceptors (Lipinski definition) is 12. The smallest absolute Gasteiger partial charge is 0.399 e. The summed E-state index contributed by atoms with van der Waals surface area (Å²) in [4.78, 5) is 56.0. The summed E-state index contributed by atoms with van der Waals surface area (Å²) in [5, 5.41) is 2.48. The number of halogens is 8. The van der Waals surface area contributed by atoms with Gasteiger partial charge >= 0.3 is 12.4 Å². The standard InChI is InChI=1S/C23H19ClF3N3O4S.C20H15ClF3N3O3S.C2H3NO/c1-13-6-7-17(11-18(13)23(25,26)27)35(33,34)30-19-10-16(24)12-29-21(19)22(32)15-5-3-4-14(8-15)9-20(31)28-2;1-11-5-6-15(9-16(11)20(22,23)24)31(29,30)27-17-8-13(21)10-26-18(17)19(28)12-3-2-4-14(25)7-12;1-3-2-4/h3-8,10-12,30H,9H2,1-2H3,(H,28,31);2-10,27H,25H2,1H3;1H3. The van der Waals surface area contributed by atoms with Crippen molar-refractivity contribution < 1.29 is 62.4 Å². The molecule has 2 heterocycles. The number of carbonyl (C=O) groups is 3. The van der Waals surface area contributed by atoms with Gasteiger partial charge in [0, 0.05) is 43.3 Å². The average Bonchev–Trinajstić information content (AvgIpc) is 3.28. The summed E-state index contributed by atoms with van der Waals surface area (Å²) in [7, 11) is -6.20. The van der Waals surface area contributed by atoms with Crippen LogP contribution in [0.4, 0.5) is 43.4 Å². The quantitative estimate of drug-likeness (QED) is 0.0297. The van der Waals surface area contributed by atoms with E-state index in [1.807, 2.05) is 0 Å². The largest absolute Gasteiger partial charge is 0.416 e. The summed E-state index contributed by atoms with van der Waals surface area (Å²) < 4.78 is 135. The molecule has 6 rings (SSSR count). The number of alkyl halides is 6. The first-order chi connectivity index (χ1) is 32.6. The molecule has 2 aromatic heterocycles. The zero-order valence-corrected chi connectivity index (χ0v) is 39.8. The molecule has 0 aliphatic rings. The van der Waals surface area contributed by atoms with Crippen LogP contribution >= 0.6 is 23.2 Å². The lowest BCUT2D eigenvalue weighted by Crippen LogP contribution is -2.20. The Morgan fingerprint density at radius 2 is 1.09 bits per heavy atom. The summed E-state index contributed by atoms with van der Waals surface area (Å²) >= 11 is 11.8. The van der Waals surface area contributed by atoms with Gasteiger partial charge in [-0.15, -0.1) is 0 Å². The molecule has 0 bridgehead atoms. The third-order valence-electron chi connectivity index (χ3n) is 9.35. The third-order valence-corrected chi connectivity index (χ3v) is 12.5. The minimum atomic E-state index is -4.76. The Hall–Kier alpha value is -7.17. The Morgan fingerprint density at radius 3 is 1.47 bits per heavy atom. The number of nitrogens with zero attached hydrogens (tertiary/aromatic N) is 3. The van der Waals surface area contributed by atoms with Gasteiger partial charge in [0.05, 0.1) is 48.8 Å². The van der Waals surface area contributed by atoms with Gasteiger partial charge in [-0.1, -0.05) is 65.7 Å². The van der Waals surface area contributed by atoms with Crippen LogP contribution in [-0.2, 0) is 48.4 Å². The number of carbonyl (C=O) groups excluding carboxylic acids is 4. The van der Waals surface area contributed by atoms with Gasteiger partial charge in [-0.05, 0) is 85.1 Å². The number of sulfonamides is 2. The van der Waals surface area contributed by atoms with E-state index < -0.39 is 64.9 Å². The van der Waals surface area contributed by atoms with Crippen LogP contribution in [0.5, 0.6) is 0 Å². The fraction of sp³-hybridized carbons (Fsp3) is 0.156. The predicted molar refractivity (Wildman–Crippen MR) is 248 cm³/mol. The third kappa shape index (κ3) is 14.7. The van der Waals surface area contributed by atoms with Crippen LogP contribution in [0.15, 0.2) is 124 Å². The topological polar surface area (TPSA) is 237 Å². The maximum absolute atomic E-state index is 13.3. The highest BCUT2D eigenvalue weighted by molar-refractivity contribution is 7.93. The van der Waals surface area contributed by atoms with Gasteiger partial charge in [0.25, 0.3) is 20.0 Å². The number of benzene rings is 4. The maximum Gasteiger partial charge on any atom is 0.416 e. The number of nitrogens with one attached hydrogen (secondary N) is 3. The highest BCUT2D eigenvalue weighted by Gasteiger charge is 2.35. The van der Waals surface area contributed by atoms with Crippen LogP contribution in [-0.4, -0.2) is 64.5 Å². The van der Waals surface area contributed by atoms with Crippen molar-refractivity contribution in [1.29, 1.82) is 0 Å². The molecule has 0 saturated heterocycles. The van der Waals surface area contributed by atoms with Crippen LogP contribution in [0.3, 0.4) is 0 Å². The van der Waals surface area contributed by atoms with Gasteiger partial charge in [0.2, 0.25) is 23.6 Å². The number of pyridine rings is 2. The van der Waals surface area contributed by atoms with Gasteiger partial charge in [-0.3, -0.25) is 23.8 Å². The van der Waals surface area contributed by atoms with E-state index in [1.165, 1.54) is 64.4 Å². The van der Waals surface area contributed by atoms with Crippen molar-refractivity contribution in [2.24, 2.45) is 4.99 Å². The number of hydrogen-bond donors (Lipinski definition) is 4. The molecule has 0 unspecified atom stereocenters. The molecule has 0 aliphatic heterocycles. The monoisotopic (exact) mass is 1050 g/mol. The number of nitrogen functional groups attached to an aromatic ring is 1. The number of rotatable bonds is 12. The molecule has 25 heteroatoms. The number of nitrogens with two attached hydrogens (primary N) is 1. The molecule has 70 heavy (non-hydrogen) atoms. The number of ketones is 2. The van der Waals surface area contributed by atoms with Crippen molar-refractivity contribution in [3.05, 3.63) is 170 Å². The number of amides is 1. The van der Waals surface area contributed by atoms with E-state index in [9.17, 15) is 57.6 Å². The number of aliphatic imine (C=N–C) groups is 1. The fourth-order valence-electron chi connectivity index (χ4n) is 6.00. The van der Waals surface area contributed by atoms with Crippen molar-refractivity contribution in [1.82, 2.24) is 15.3 Å². The molecule has 1 amide bonds. The lowest BCUT2D eigenvalue weighted by atomic mass is 10.0. The van der Waals surface area contributed by atoms with Gasteiger partial charge in [-0.2, -0.15) is 26.3 Å². The molecule has 15 nitrogen and oxygen atoms in total. The molecule has 368 valence electrons. The molecular formula is C45H37Cl2F6N7O8S2. The van der Waals surface area contributed by atoms with E-state index in [-0.39, 0.29) is 67.4 Å². The molecule has 0 fully saturated rings. The minimum Gasteiger partial charge on any atom is -0.399 e. The molecule has 4 aromatic carbocycles. The fourth-order valence-corrected chi connectivity index (χ4v) is 8.48. The summed E-state index contributed by atoms with van der Waals surface area (Å²) in [6.45, 7) is 2.43. The van der Waals surface area contributed by atoms with E-state index in [0.717, 1.165) is 48.8 Å². The van der Waals surface area contributed by atoms with Crippen LogP contribution in [0.25, 0.3) is 0 Å². The van der Waals surface area contributed by atoms with E-state index in [2.05, 4.69) is 29.7 Å². The van der Waals surface area contributed by atoms with Gasteiger partial charge < -0.3 is 11.1 Å².